The van der Waals surface area contributed by atoms with Crippen molar-refractivity contribution in [2.75, 3.05) is 0 Å². The Labute approximate surface area is 229 Å². The Hall–Kier alpha value is -5.41. The van der Waals surface area contributed by atoms with E-state index in [1.54, 1.807) is 0 Å². The van der Waals surface area contributed by atoms with E-state index in [-0.39, 0.29) is 0 Å². The number of nitrogens with zero attached hydrogens (tertiary/aromatic N) is 2. The van der Waals surface area contributed by atoms with E-state index in [2.05, 4.69) is 120 Å². The van der Waals surface area contributed by atoms with E-state index < -0.39 is 0 Å². The van der Waals surface area contributed by atoms with Gasteiger partial charge in [-0.05, 0) is 52.7 Å². The number of hydrogen-bond donors (Lipinski definition) is 0. The quantitative estimate of drug-likeness (QED) is 0.221. The lowest BCUT2D eigenvalue weighted by molar-refractivity contribution is 0.670. The summed E-state index contributed by atoms with van der Waals surface area (Å²) in [6, 6.07) is 47.0. The zero-order valence-corrected chi connectivity index (χ0v) is 21.5. The van der Waals surface area contributed by atoms with Gasteiger partial charge in [0.05, 0.1) is 16.7 Å². The van der Waals surface area contributed by atoms with E-state index in [9.17, 15) is 0 Å². The Balaban J connectivity index is 1.37. The third kappa shape index (κ3) is 2.97. The van der Waals surface area contributed by atoms with Crippen LogP contribution >= 0.6 is 0 Å². The molecule has 0 amide bonds. The van der Waals surface area contributed by atoms with Gasteiger partial charge in [-0.2, -0.15) is 0 Å². The predicted molar refractivity (Wildman–Crippen MR) is 165 cm³/mol. The van der Waals surface area contributed by atoms with Crippen molar-refractivity contribution in [1.82, 2.24) is 9.55 Å². The molecule has 40 heavy (non-hydrogen) atoms. The van der Waals surface area contributed by atoms with Gasteiger partial charge >= 0.3 is 0 Å². The summed E-state index contributed by atoms with van der Waals surface area (Å²) < 4.78 is 8.76. The van der Waals surface area contributed by atoms with Crippen molar-refractivity contribution >= 4 is 54.5 Å². The summed E-state index contributed by atoms with van der Waals surface area (Å²) >= 11 is 0. The molecule has 0 aliphatic heterocycles. The van der Waals surface area contributed by atoms with Crippen molar-refractivity contribution in [1.29, 1.82) is 0 Å². The second-order valence-corrected chi connectivity index (χ2v) is 10.4. The summed E-state index contributed by atoms with van der Waals surface area (Å²) in [4.78, 5) is 5.17. The van der Waals surface area contributed by atoms with Gasteiger partial charge in [-0.25, -0.2) is 4.98 Å². The number of fused-ring (bicyclic) bond motifs is 3. The molecule has 0 spiro atoms. The van der Waals surface area contributed by atoms with E-state index in [0.717, 1.165) is 61.2 Å². The minimum absolute atomic E-state index is 0.908. The fourth-order valence-corrected chi connectivity index (χ4v) is 6.39. The van der Waals surface area contributed by atoms with Gasteiger partial charge in [-0.1, -0.05) is 97.1 Å². The largest absolute Gasteiger partial charge is 0.455 e. The number of pyridine rings is 1. The van der Waals surface area contributed by atoms with Gasteiger partial charge in [0.1, 0.15) is 17.0 Å². The maximum Gasteiger partial charge on any atom is 0.143 e. The molecule has 0 aliphatic rings. The Morgan fingerprint density at radius 3 is 2.25 bits per heavy atom. The van der Waals surface area contributed by atoms with Crippen LogP contribution in [0.4, 0.5) is 0 Å². The van der Waals surface area contributed by atoms with Gasteiger partial charge in [0.15, 0.2) is 0 Å². The minimum Gasteiger partial charge on any atom is -0.455 e. The molecule has 0 fully saturated rings. The molecule has 0 atom stereocenters. The summed E-state index contributed by atoms with van der Waals surface area (Å²) in [5, 5.41) is 7.26. The Bertz CT molecular complexity index is 2380. The van der Waals surface area contributed by atoms with Gasteiger partial charge < -0.3 is 4.42 Å². The van der Waals surface area contributed by atoms with Gasteiger partial charge in [0.25, 0.3) is 0 Å². The van der Waals surface area contributed by atoms with Crippen molar-refractivity contribution in [3.8, 4) is 28.2 Å². The van der Waals surface area contributed by atoms with Crippen LogP contribution in [0.2, 0.25) is 0 Å². The highest BCUT2D eigenvalue weighted by atomic mass is 16.3. The molecule has 3 heterocycles. The molecule has 3 aromatic heterocycles. The molecule has 3 heteroatoms. The molecule has 0 N–H and O–H groups in total. The number of furan rings is 1. The summed E-state index contributed by atoms with van der Waals surface area (Å²) in [5.41, 5.74) is 8.42. The maximum atomic E-state index is 6.44. The number of benzene rings is 6. The molecule has 0 radical (unpaired) electrons. The molecular weight excluding hydrogens is 488 g/mol. The molecule has 0 aliphatic carbocycles. The van der Waals surface area contributed by atoms with E-state index in [1.165, 1.54) is 21.5 Å². The second-order valence-electron chi connectivity index (χ2n) is 10.4. The molecule has 3 nitrogen and oxygen atoms in total. The minimum atomic E-state index is 0.908. The average Bonchev–Trinajstić information content (AvgIpc) is 3.57. The van der Waals surface area contributed by atoms with Gasteiger partial charge in [-0.3, -0.25) is 4.57 Å². The summed E-state index contributed by atoms with van der Waals surface area (Å²) in [6.45, 7) is 0. The molecule has 9 rings (SSSR count). The molecule has 9 aromatic rings. The molecule has 0 unspecified atom stereocenters. The Morgan fingerprint density at radius 1 is 0.525 bits per heavy atom. The van der Waals surface area contributed by atoms with Gasteiger partial charge in [-0.15, -0.1) is 0 Å². The van der Waals surface area contributed by atoms with Crippen molar-refractivity contribution in [2.45, 2.75) is 0 Å². The highest BCUT2D eigenvalue weighted by molar-refractivity contribution is 6.25. The third-order valence-corrected chi connectivity index (χ3v) is 8.15. The van der Waals surface area contributed by atoms with Crippen LogP contribution in [-0.4, -0.2) is 9.55 Å². The first-order valence-electron chi connectivity index (χ1n) is 13.6. The van der Waals surface area contributed by atoms with Crippen molar-refractivity contribution in [3.05, 3.63) is 133 Å². The van der Waals surface area contributed by atoms with Crippen molar-refractivity contribution in [2.24, 2.45) is 0 Å². The SMILES string of the molecule is c1ccc(-c2cccc(-n3c4cccc5ccc6cc(-c7cccc8c7oc7ccccc78)cc3c6c54)n2)cc1. The van der Waals surface area contributed by atoms with Crippen LogP contribution in [0.15, 0.2) is 138 Å². The first kappa shape index (κ1) is 21.5. The van der Waals surface area contributed by atoms with Gasteiger partial charge in [0, 0.05) is 32.7 Å². The van der Waals surface area contributed by atoms with Crippen LogP contribution in [0.25, 0.3) is 82.7 Å². The first-order chi connectivity index (χ1) is 19.8. The van der Waals surface area contributed by atoms with E-state index in [4.69, 9.17) is 9.40 Å². The topological polar surface area (TPSA) is 31.0 Å². The highest BCUT2D eigenvalue weighted by Gasteiger charge is 2.20. The fourth-order valence-electron chi connectivity index (χ4n) is 6.39. The fraction of sp³-hybridized carbons (Fsp3) is 0. The molecule has 6 aromatic carbocycles. The monoisotopic (exact) mass is 510 g/mol. The summed E-state index contributed by atoms with van der Waals surface area (Å²) in [6.07, 6.45) is 0. The number of aromatic nitrogens is 2. The first-order valence-corrected chi connectivity index (χ1v) is 13.6. The van der Waals surface area contributed by atoms with Crippen molar-refractivity contribution < 1.29 is 4.42 Å². The number of hydrogen-bond acceptors (Lipinski definition) is 2. The van der Waals surface area contributed by atoms with E-state index >= 15 is 0 Å². The van der Waals surface area contributed by atoms with Gasteiger partial charge in [0.2, 0.25) is 0 Å². The van der Waals surface area contributed by atoms with Crippen LogP contribution in [0, 0.1) is 0 Å². The molecule has 186 valence electrons. The maximum absolute atomic E-state index is 6.44. The highest BCUT2D eigenvalue weighted by Crippen LogP contribution is 2.43. The van der Waals surface area contributed by atoms with Crippen molar-refractivity contribution in [3.63, 3.8) is 0 Å². The lowest BCUT2D eigenvalue weighted by atomic mass is 9.96. The van der Waals surface area contributed by atoms with Crippen LogP contribution in [0.3, 0.4) is 0 Å². The molecular formula is C37H22N2O. The van der Waals surface area contributed by atoms with E-state index in [0.29, 0.717) is 0 Å². The predicted octanol–water partition coefficient (Wildman–Crippen LogP) is 10.0. The van der Waals surface area contributed by atoms with E-state index in [1.807, 2.05) is 18.2 Å². The molecule has 0 saturated carbocycles. The summed E-state index contributed by atoms with van der Waals surface area (Å²) in [5.74, 6) is 0.908. The molecule has 0 bridgehead atoms. The number of para-hydroxylation sites is 2. The molecule has 0 saturated heterocycles. The zero-order chi connectivity index (χ0) is 26.2. The van der Waals surface area contributed by atoms with Crippen LogP contribution in [-0.2, 0) is 0 Å². The standard InChI is InChI=1S/C37H22N2O/c1-2-9-23(10-3-1)30-15-8-18-34(38-30)39-31-16-6-11-24-19-20-25-21-26(22-32(39)36(25)35(24)31)27-13-7-14-29-28-12-4-5-17-33(28)40-37(27)29/h1-22H. The second kappa shape index (κ2) is 8.05. The number of rotatable bonds is 3. The Kier molecular flexibility index (Phi) is 4.33. The lowest BCUT2D eigenvalue weighted by Gasteiger charge is -2.11. The smallest absolute Gasteiger partial charge is 0.143 e. The lowest BCUT2D eigenvalue weighted by Crippen LogP contribution is -1.98. The average molecular weight is 511 g/mol. The van der Waals surface area contributed by atoms with Crippen LogP contribution in [0.1, 0.15) is 0 Å². The normalized spacial score (nSPS) is 12.0. The third-order valence-electron chi connectivity index (χ3n) is 8.15. The van der Waals surface area contributed by atoms with Crippen LogP contribution in [0.5, 0.6) is 0 Å². The Morgan fingerprint density at radius 2 is 1.30 bits per heavy atom. The summed E-state index contributed by atoms with van der Waals surface area (Å²) in [7, 11) is 0. The zero-order valence-electron chi connectivity index (χ0n) is 21.5. The van der Waals surface area contributed by atoms with Crippen LogP contribution < -0.4 is 0 Å².